The number of nitrogens with zero attached hydrogens (tertiary/aromatic N) is 8. The van der Waals surface area contributed by atoms with Gasteiger partial charge in [0, 0.05) is 0 Å². The number of rotatable bonds is 21. The second-order valence-electron chi connectivity index (χ2n) is 10.5. The second-order valence-corrected chi connectivity index (χ2v) is 18.3. The van der Waals surface area contributed by atoms with Crippen molar-refractivity contribution in [2.45, 2.75) is 24.7 Å². The van der Waals surface area contributed by atoms with E-state index in [1.807, 2.05) is 0 Å². The van der Waals surface area contributed by atoms with Gasteiger partial charge >= 0.3 is 30.6 Å². The zero-order valence-electron chi connectivity index (χ0n) is 26.3. The maximum atomic E-state index is 12.8. The van der Waals surface area contributed by atoms with Gasteiger partial charge < -0.3 is 60.9 Å². The average molecular weight is 822 g/mol. The van der Waals surface area contributed by atoms with Crippen LogP contribution in [0.5, 0.6) is 0 Å². The van der Waals surface area contributed by atoms with Crippen LogP contribution in [0.3, 0.4) is 0 Å². The normalized spacial score (nSPS) is 19.3. The number of hydrogen-bond donors (Lipinski definition) is 10. The molecule has 31 heteroatoms. The molecule has 0 bridgehead atoms. The molecule has 4 rings (SSSR count). The topological polar surface area (TPSA) is 416 Å². The highest BCUT2D eigenvalue weighted by Gasteiger charge is 2.44. The van der Waals surface area contributed by atoms with E-state index in [1.54, 1.807) is 0 Å². The number of ether oxygens (including phenoxy) is 2. The summed E-state index contributed by atoms with van der Waals surface area (Å²) in [4.78, 5) is 64.0. The van der Waals surface area contributed by atoms with Crippen LogP contribution in [0.1, 0.15) is 12.5 Å². The van der Waals surface area contributed by atoms with E-state index in [0.717, 1.165) is 23.5 Å². The van der Waals surface area contributed by atoms with Crippen molar-refractivity contribution in [3.8, 4) is 0 Å². The minimum Gasteiger partial charge on any atom is -0.394 e. The van der Waals surface area contributed by atoms with Crippen molar-refractivity contribution < 1.29 is 80.9 Å². The highest BCUT2D eigenvalue weighted by molar-refractivity contribution is 7.77. The number of nitrogens with two attached hydrogens (primary N) is 2. The Morgan fingerprint density at radius 2 is 1.10 bits per heavy atom. The van der Waals surface area contributed by atoms with Crippen LogP contribution in [-0.2, 0) is 40.9 Å². The standard InChI is InChI=1S/C21H34N10O17P4/c22-18-16-20(26-7-24-18)30(9-28-16)14(3-34)45-12(1-32)5-44-52(42,43)48-51(40,41)11-50(38,39)47-49(36,37)6-13(2-33)46-15(4-35)31-10-29-17-19(23)25-8-27-21(17)31/h7-10,12-15,32-35H,1-6,11H2,(H,36,37)(H,38,39)(H,40,41)(H,42,43)(H2,22,24,26)(H2,23,25,27)/t12-,13-,14+,15+/m0/s1. The van der Waals surface area contributed by atoms with Gasteiger partial charge in [-0.15, -0.1) is 0 Å². The first-order valence-electron chi connectivity index (χ1n) is 14.3. The summed E-state index contributed by atoms with van der Waals surface area (Å²) in [5, 5.41) is 39.1. The van der Waals surface area contributed by atoms with E-state index >= 15 is 0 Å². The molecule has 8 atom stereocenters. The highest BCUT2D eigenvalue weighted by Crippen LogP contribution is 2.70. The number of imidazole rings is 2. The lowest BCUT2D eigenvalue weighted by Gasteiger charge is -2.26. The van der Waals surface area contributed by atoms with Gasteiger partial charge in [-0.2, -0.15) is 0 Å². The number of phosphoric ester groups is 1. The van der Waals surface area contributed by atoms with E-state index in [9.17, 15) is 58.3 Å². The Bertz CT molecular complexity index is 2040. The van der Waals surface area contributed by atoms with Crippen molar-refractivity contribution >= 4 is 64.6 Å². The Hall–Kier alpha value is -2.90. The van der Waals surface area contributed by atoms with E-state index in [4.69, 9.17) is 20.9 Å². The maximum absolute atomic E-state index is 12.8. The molecule has 4 unspecified atom stereocenters. The molecule has 0 saturated carbocycles. The van der Waals surface area contributed by atoms with Crippen molar-refractivity contribution in [3.05, 3.63) is 25.3 Å². The summed E-state index contributed by atoms with van der Waals surface area (Å²) in [5.74, 6) is -2.01. The summed E-state index contributed by atoms with van der Waals surface area (Å²) in [6.07, 6.45) is -2.59. The summed E-state index contributed by atoms with van der Waals surface area (Å²) in [6, 6.07) is 0. The number of phosphoric acid groups is 1. The van der Waals surface area contributed by atoms with Gasteiger partial charge in [-0.1, -0.05) is 0 Å². The molecule has 0 aromatic carbocycles. The lowest BCUT2D eigenvalue weighted by molar-refractivity contribution is -0.109. The third kappa shape index (κ3) is 10.8. The van der Waals surface area contributed by atoms with Gasteiger partial charge in [0.05, 0.1) is 58.0 Å². The fraction of sp³-hybridized carbons (Fsp3) is 0.524. The molecule has 4 heterocycles. The number of nitrogen functional groups attached to an aromatic ring is 2. The van der Waals surface area contributed by atoms with Crippen molar-refractivity contribution in [2.24, 2.45) is 0 Å². The molecule has 27 nitrogen and oxygen atoms in total. The molecule has 52 heavy (non-hydrogen) atoms. The summed E-state index contributed by atoms with van der Waals surface area (Å²) < 4.78 is 76.8. The lowest BCUT2D eigenvalue weighted by atomic mass is 10.4. The summed E-state index contributed by atoms with van der Waals surface area (Å²) in [7, 11) is -22.2. The zero-order chi connectivity index (χ0) is 38.5. The van der Waals surface area contributed by atoms with Crippen LogP contribution < -0.4 is 11.5 Å². The Balaban J connectivity index is 1.34. The molecule has 0 amide bonds. The van der Waals surface area contributed by atoms with Gasteiger partial charge in [0.15, 0.2) is 41.3 Å². The monoisotopic (exact) mass is 822 g/mol. The molecule has 0 aliphatic heterocycles. The van der Waals surface area contributed by atoms with Gasteiger partial charge in [0.1, 0.15) is 29.8 Å². The molecule has 0 fully saturated rings. The minimum atomic E-state index is -5.66. The third-order valence-corrected chi connectivity index (χ3v) is 14.6. The Kier molecular flexibility index (Phi) is 13.7. The van der Waals surface area contributed by atoms with Gasteiger partial charge in [0.2, 0.25) is 0 Å². The Morgan fingerprint density at radius 3 is 1.56 bits per heavy atom. The van der Waals surface area contributed by atoms with Crippen molar-refractivity contribution in [1.29, 1.82) is 0 Å². The molecule has 12 N–H and O–H groups in total. The molecule has 0 aliphatic carbocycles. The quantitative estimate of drug-likeness (QED) is 0.0416. The SMILES string of the molecule is Nc1ncnc2c1ncn2[C@@H](CO)O[C@@H](CO)COP(=O)(O)OP(=O)(O)CP(=O)(O)OP(=O)(O)C[C@H](CO)O[C@H](CO)n1cnc2c(N)ncnc21. The van der Waals surface area contributed by atoms with Gasteiger partial charge in [-0.3, -0.25) is 27.4 Å². The average Bonchev–Trinajstić information content (AvgIpc) is 3.68. The van der Waals surface area contributed by atoms with Crippen LogP contribution in [-0.4, -0.2) is 136 Å². The molecule has 0 saturated heterocycles. The number of fused-ring (bicyclic) bond motifs is 2. The van der Waals surface area contributed by atoms with Crippen molar-refractivity contribution in [1.82, 2.24) is 39.0 Å². The van der Waals surface area contributed by atoms with E-state index in [0.29, 0.717) is 0 Å². The number of aliphatic hydroxyl groups is 4. The molecular formula is C21H34N10O17P4. The molecule has 0 radical (unpaired) electrons. The lowest BCUT2D eigenvalue weighted by Crippen LogP contribution is -2.29. The van der Waals surface area contributed by atoms with E-state index in [-0.39, 0.29) is 34.0 Å². The number of aromatic nitrogens is 8. The maximum Gasteiger partial charge on any atom is 0.479 e. The summed E-state index contributed by atoms with van der Waals surface area (Å²) >= 11 is 0. The third-order valence-electron chi connectivity index (χ3n) is 6.51. The molecule has 290 valence electrons. The van der Waals surface area contributed by atoms with Crippen molar-refractivity contribution in [3.63, 3.8) is 0 Å². The molecule has 4 aromatic heterocycles. The van der Waals surface area contributed by atoms with E-state index < -0.39 is 100 Å². The van der Waals surface area contributed by atoms with Crippen molar-refractivity contribution in [2.75, 3.05) is 56.6 Å². The molecule has 0 aliphatic rings. The first-order chi connectivity index (χ1) is 24.3. The Morgan fingerprint density at radius 1 is 0.635 bits per heavy atom. The fourth-order valence-corrected chi connectivity index (χ4v) is 12.0. The smallest absolute Gasteiger partial charge is 0.394 e. The van der Waals surface area contributed by atoms with Crippen LogP contribution >= 0.6 is 30.6 Å². The zero-order valence-corrected chi connectivity index (χ0v) is 29.9. The van der Waals surface area contributed by atoms with Crippen LogP contribution in [0.2, 0.25) is 0 Å². The second kappa shape index (κ2) is 17.1. The fourth-order valence-electron chi connectivity index (χ4n) is 4.41. The van der Waals surface area contributed by atoms with Gasteiger partial charge in [-0.25, -0.2) is 43.1 Å². The van der Waals surface area contributed by atoms with E-state index in [1.165, 1.54) is 10.9 Å². The Labute approximate surface area is 291 Å². The summed E-state index contributed by atoms with van der Waals surface area (Å²) in [5.41, 5.74) is 11.9. The predicted octanol–water partition coefficient (Wildman–Crippen LogP) is -1.77. The molecule has 0 spiro atoms. The first kappa shape index (κ1) is 41.9. The summed E-state index contributed by atoms with van der Waals surface area (Å²) in [6.45, 7) is -4.46. The molecular weight excluding hydrogens is 788 g/mol. The molecule has 4 aromatic rings. The predicted molar refractivity (Wildman–Crippen MR) is 173 cm³/mol. The van der Waals surface area contributed by atoms with E-state index in [2.05, 4.69) is 43.0 Å². The highest BCUT2D eigenvalue weighted by atomic mass is 31.3. The number of aliphatic hydroxyl groups excluding tert-OH is 4. The van der Waals surface area contributed by atoms with Crippen LogP contribution in [0.15, 0.2) is 25.3 Å². The van der Waals surface area contributed by atoms with Crippen LogP contribution in [0.4, 0.5) is 11.6 Å². The van der Waals surface area contributed by atoms with Crippen LogP contribution in [0, 0.1) is 0 Å². The minimum absolute atomic E-state index is 0.00631. The largest absolute Gasteiger partial charge is 0.479 e. The van der Waals surface area contributed by atoms with Crippen LogP contribution in [0.25, 0.3) is 22.3 Å². The number of anilines is 2. The van der Waals surface area contributed by atoms with Gasteiger partial charge in [-0.05, 0) is 0 Å². The number of hydrogen-bond acceptors (Lipinski definition) is 21. The van der Waals surface area contributed by atoms with Gasteiger partial charge in [0.25, 0.3) is 0 Å². The first-order valence-corrected chi connectivity index (χ1v) is 21.1.